The maximum absolute atomic E-state index is 12.4. The van der Waals surface area contributed by atoms with Crippen molar-refractivity contribution in [1.82, 2.24) is 4.31 Å². The average Bonchev–Trinajstić information content (AvgIpc) is 3.49. The van der Waals surface area contributed by atoms with E-state index in [4.69, 9.17) is 19.3 Å². The van der Waals surface area contributed by atoms with Crippen LogP contribution in [0.2, 0.25) is 0 Å². The van der Waals surface area contributed by atoms with Crippen LogP contribution in [0, 0.1) is 13.8 Å². The number of aryl methyl sites for hydroxylation is 2. The van der Waals surface area contributed by atoms with Crippen molar-refractivity contribution in [3.8, 4) is 28.4 Å². The molecule has 2 atom stereocenters. The van der Waals surface area contributed by atoms with E-state index in [1.165, 1.54) is 5.56 Å². The highest BCUT2D eigenvalue weighted by Gasteiger charge is 2.29. The van der Waals surface area contributed by atoms with Gasteiger partial charge in [-0.05, 0) is 72.4 Å². The van der Waals surface area contributed by atoms with Crippen LogP contribution < -0.4 is 14.2 Å². The smallest absolute Gasteiger partial charge is 0.304 e. The van der Waals surface area contributed by atoms with Crippen molar-refractivity contribution in [1.29, 1.82) is 0 Å². The van der Waals surface area contributed by atoms with Crippen LogP contribution in [0.1, 0.15) is 41.0 Å². The van der Waals surface area contributed by atoms with Gasteiger partial charge >= 0.3 is 5.97 Å². The van der Waals surface area contributed by atoms with Crippen LogP contribution in [0.3, 0.4) is 0 Å². The lowest BCUT2D eigenvalue weighted by Gasteiger charge is -2.25. The predicted octanol–water partition coefficient (Wildman–Crippen LogP) is 5.14. The summed E-state index contributed by atoms with van der Waals surface area (Å²) in [5.41, 5.74) is 6.55. The Labute approximate surface area is 231 Å². The Morgan fingerprint density at radius 2 is 1.85 bits per heavy atom. The first-order chi connectivity index (χ1) is 18.6. The van der Waals surface area contributed by atoms with E-state index in [9.17, 15) is 9.00 Å². The second kappa shape index (κ2) is 11.0. The number of carboxylic acid groups (broad SMARTS) is 1. The summed E-state index contributed by atoms with van der Waals surface area (Å²) in [4.78, 5) is 11.1. The Bertz CT molecular complexity index is 1410. The SMILES string of the molecule is Cc1cc(OC2CCN([SH](C)(C)=O)C2)cc(C)c1-c1cccc(COc2ccc3c(c2)OC[C@H]3CC(=O)O)c1. The Kier molecular flexibility index (Phi) is 7.69. The van der Waals surface area contributed by atoms with Crippen LogP contribution in [0.5, 0.6) is 17.2 Å². The van der Waals surface area contributed by atoms with Gasteiger partial charge in [-0.25, -0.2) is 4.31 Å². The maximum Gasteiger partial charge on any atom is 0.304 e. The second-order valence-electron chi connectivity index (χ2n) is 11.0. The number of carboxylic acids is 1. The Hall–Kier alpha value is -3.36. The van der Waals surface area contributed by atoms with Gasteiger partial charge in [0.25, 0.3) is 0 Å². The number of fused-ring (bicyclic) bond motifs is 1. The Morgan fingerprint density at radius 3 is 2.54 bits per heavy atom. The quantitative estimate of drug-likeness (QED) is 0.358. The van der Waals surface area contributed by atoms with E-state index in [1.54, 1.807) is 0 Å². The zero-order chi connectivity index (χ0) is 27.7. The fourth-order valence-electron chi connectivity index (χ4n) is 5.59. The van der Waals surface area contributed by atoms with Crippen LogP contribution in [0.15, 0.2) is 54.6 Å². The highest BCUT2D eigenvalue weighted by molar-refractivity contribution is 7.99. The van der Waals surface area contributed by atoms with Gasteiger partial charge in [0, 0.05) is 43.1 Å². The standard InChI is InChI=1S/C31H37NO6S/c1-20-12-27(38-26-10-11-32(17-26)39(3,4)35)13-21(2)31(20)23-7-5-6-22(14-23)18-36-25-8-9-28-24(15-30(33)34)19-37-29(28)16-25/h5-9,12-14,16,24,26,39H,10-11,15,17-19H2,1-4H3,(H,33,34)/t24-,26?/m1/s1. The molecular weight excluding hydrogens is 514 g/mol. The summed E-state index contributed by atoms with van der Waals surface area (Å²) in [5, 5.41) is 9.11. The third-order valence-electron chi connectivity index (χ3n) is 7.52. The second-order valence-corrected chi connectivity index (χ2v) is 14.1. The summed E-state index contributed by atoms with van der Waals surface area (Å²) in [6, 6.07) is 18.2. The molecule has 3 aromatic rings. The number of ether oxygens (including phenoxy) is 3. The van der Waals surface area contributed by atoms with E-state index in [-0.39, 0.29) is 18.4 Å². The maximum atomic E-state index is 12.4. The number of rotatable bonds is 9. The first-order valence-corrected chi connectivity index (χ1v) is 15.9. The van der Waals surface area contributed by atoms with E-state index in [0.717, 1.165) is 46.5 Å². The Balaban J connectivity index is 1.25. The first-order valence-electron chi connectivity index (χ1n) is 13.4. The number of hydrogen-bond donors (Lipinski definition) is 2. The van der Waals surface area contributed by atoms with Gasteiger partial charge in [-0.15, -0.1) is 0 Å². The van der Waals surface area contributed by atoms with Crippen molar-refractivity contribution in [2.45, 2.75) is 45.3 Å². The van der Waals surface area contributed by atoms with Crippen molar-refractivity contribution < 1.29 is 28.3 Å². The van der Waals surface area contributed by atoms with Crippen molar-refractivity contribution in [3.63, 3.8) is 0 Å². The molecule has 2 heterocycles. The molecule has 0 spiro atoms. The number of benzene rings is 3. The third-order valence-corrected chi connectivity index (χ3v) is 9.25. The summed E-state index contributed by atoms with van der Waals surface area (Å²) >= 11 is 0. The van der Waals surface area contributed by atoms with Crippen LogP contribution in [-0.4, -0.2) is 57.9 Å². The highest BCUT2D eigenvalue weighted by Crippen LogP contribution is 2.38. The molecule has 2 aliphatic heterocycles. The van der Waals surface area contributed by atoms with Gasteiger partial charge in [-0.1, -0.05) is 34.4 Å². The molecule has 2 aliphatic rings. The molecule has 1 fully saturated rings. The summed E-state index contributed by atoms with van der Waals surface area (Å²) < 4.78 is 32.5. The average molecular weight is 552 g/mol. The van der Waals surface area contributed by atoms with E-state index in [1.807, 2.05) is 47.1 Å². The molecule has 39 heavy (non-hydrogen) atoms. The molecule has 1 unspecified atom stereocenters. The molecule has 0 aromatic heterocycles. The van der Waals surface area contributed by atoms with Gasteiger partial charge in [0.1, 0.15) is 30.0 Å². The van der Waals surface area contributed by atoms with Gasteiger partial charge in [0.15, 0.2) is 0 Å². The number of nitrogens with zero attached hydrogens (tertiary/aromatic N) is 1. The summed E-state index contributed by atoms with van der Waals surface area (Å²) in [6.07, 6.45) is 4.63. The molecule has 3 aromatic carbocycles. The van der Waals surface area contributed by atoms with Gasteiger partial charge in [-0.3, -0.25) is 9.00 Å². The molecule has 0 amide bonds. The third kappa shape index (κ3) is 6.28. The zero-order valence-corrected chi connectivity index (χ0v) is 23.9. The summed E-state index contributed by atoms with van der Waals surface area (Å²) in [5.74, 6) is 1.30. The molecule has 1 saturated heterocycles. The van der Waals surface area contributed by atoms with Crippen LogP contribution in [-0.2, 0) is 21.5 Å². The minimum atomic E-state index is -2.25. The van der Waals surface area contributed by atoms with E-state index in [2.05, 4.69) is 38.1 Å². The predicted molar refractivity (Wildman–Crippen MR) is 155 cm³/mol. The van der Waals surface area contributed by atoms with Crippen LogP contribution >= 0.6 is 0 Å². The number of thiol groups is 1. The van der Waals surface area contributed by atoms with Crippen LogP contribution in [0.25, 0.3) is 11.1 Å². The minimum absolute atomic E-state index is 0.0519. The van der Waals surface area contributed by atoms with Gasteiger partial charge in [0.2, 0.25) is 0 Å². The normalized spacial score (nSPS) is 19.4. The van der Waals surface area contributed by atoms with Crippen molar-refractivity contribution >= 4 is 16.1 Å². The molecule has 1 N–H and O–H groups in total. The minimum Gasteiger partial charge on any atom is -0.492 e. The summed E-state index contributed by atoms with van der Waals surface area (Å²) in [7, 11) is -2.25. The lowest BCUT2D eigenvalue weighted by atomic mass is 9.94. The molecule has 208 valence electrons. The first kappa shape index (κ1) is 27.2. The largest absolute Gasteiger partial charge is 0.492 e. The van der Waals surface area contributed by atoms with Crippen molar-refractivity contribution in [2.75, 3.05) is 32.2 Å². The number of carbonyl (C=O) groups is 1. The van der Waals surface area contributed by atoms with Gasteiger partial charge in [0.05, 0.1) is 13.0 Å². The van der Waals surface area contributed by atoms with Gasteiger partial charge in [-0.2, -0.15) is 0 Å². The van der Waals surface area contributed by atoms with Crippen molar-refractivity contribution in [2.24, 2.45) is 0 Å². The molecule has 7 nitrogen and oxygen atoms in total. The molecule has 0 radical (unpaired) electrons. The van der Waals surface area contributed by atoms with E-state index < -0.39 is 16.1 Å². The molecule has 8 heteroatoms. The molecule has 0 aliphatic carbocycles. The zero-order valence-electron chi connectivity index (χ0n) is 23.0. The Morgan fingerprint density at radius 1 is 1.08 bits per heavy atom. The monoisotopic (exact) mass is 551 g/mol. The summed E-state index contributed by atoms with van der Waals surface area (Å²) in [6.45, 7) is 6.51. The lowest BCUT2D eigenvalue weighted by Crippen LogP contribution is -2.34. The fourth-order valence-corrected chi connectivity index (χ4v) is 6.77. The topological polar surface area (TPSA) is 85.3 Å². The fraction of sp³-hybridized carbons (Fsp3) is 0.387. The van der Waals surface area contributed by atoms with E-state index >= 15 is 0 Å². The molecular formula is C31H37NO6S. The van der Waals surface area contributed by atoms with E-state index in [0.29, 0.717) is 31.3 Å². The van der Waals surface area contributed by atoms with Crippen LogP contribution in [0.4, 0.5) is 0 Å². The van der Waals surface area contributed by atoms with Gasteiger partial charge < -0.3 is 19.3 Å². The van der Waals surface area contributed by atoms with Crippen molar-refractivity contribution in [3.05, 3.63) is 76.9 Å². The molecule has 0 saturated carbocycles. The number of hydrogen-bond acceptors (Lipinski definition) is 5. The highest BCUT2D eigenvalue weighted by atomic mass is 32.3. The molecule has 0 bridgehead atoms. The lowest BCUT2D eigenvalue weighted by molar-refractivity contribution is -0.137. The number of aliphatic carboxylic acids is 1. The molecule has 5 rings (SSSR count).